The first-order valence-electron chi connectivity index (χ1n) is 9.13. The Labute approximate surface area is 160 Å². The number of benzene rings is 2. The van der Waals surface area contributed by atoms with E-state index in [0.717, 1.165) is 16.9 Å². The van der Waals surface area contributed by atoms with Crippen LogP contribution < -0.4 is 10.6 Å². The van der Waals surface area contributed by atoms with Gasteiger partial charge in [0.15, 0.2) is 0 Å². The zero-order valence-electron chi connectivity index (χ0n) is 16.2. The number of aromatic nitrogens is 2. The highest BCUT2D eigenvalue weighted by Gasteiger charge is 2.11. The number of aliphatic hydroxyl groups excluding tert-OH is 1. The molecule has 0 saturated carbocycles. The predicted octanol–water partition coefficient (Wildman–Crippen LogP) is 4.61. The van der Waals surface area contributed by atoms with Crippen molar-refractivity contribution in [1.29, 1.82) is 0 Å². The van der Waals surface area contributed by atoms with Gasteiger partial charge in [-0.3, -0.25) is 0 Å². The quantitative estimate of drug-likeness (QED) is 0.597. The standard InChI is InChI=1S/C22H26N4O/c1-14-10-15(2)21(16(3)11-14)25-20-12-19(18-8-6-5-7-9-18)24-22(26-20)23-17(4)13-27/h5-12,17,27H,13H2,1-4H3,(H2,23,24,25,26)/t17-/m0/s1. The maximum atomic E-state index is 9.35. The summed E-state index contributed by atoms with van der Waals surface area (Å²) in [4.78, 5) is 9.22. The number of hydrogen-bond acceptors (Lipinski definition) is 5. The topological polar surface area (TPSA) is 70.1 Å². The van der Waals surface area contributed by atoms with Crippen LogP contribution in [0.1, 0.15) is 23.6 Å². The molecule has 0 amide bonds. The third-order valence-electron chi connectivity index (χ3n) is 4.38. The summed E-state index contributed by atoms with van der Waals surface area (Å²) in [6.45, 7) is 8.18. The molecule has 3 N–H and O–H groups in total. The molecule has 0 unspecified atom stereocenters. The Morgan fingerprint density at radius 3 is 2.26 bits per heavy atom. The second-order valence-corrected chi connectivity index (χ2v) is 6.95. The molecule has 2 aromatic carbocycles. The first-order valence-corrected chi connectivity index (χ1v) is 9.13. The number of aryl methyl sites for hydroxylation is 3. The Balaban J connectivity index is 2.02. The van der Waals surface area contributed by atoms with Gasteiger partial charge in [0.25, 0.3) is 0 Å². The molecule has 0 saturated heterocycles. The number of nitrogens with one attached hydrogen (secondary N) is 2. The van der Waals surface area contributed by atoms with Gasteiger partial charge in [0.05, 0.1) is 12.3 Å². The fourth-order valence-electron chi connectivity index (χ4n) is 3.10. The maximum Gasteiger partial charge on any atom is 0.225 e. The maximum absolute atomic E-state index is 9.35. The summed E-state index contributed by atoms with van der Waals surface area (Å²) < 4.78 is 0. The predicted molar refractivity (Wildman–Crippen MR) is 112 cm³/mol. The van der Waals surface area contributed by atoms with Gasteiger partial charge in [0.1, 0.15) is 5.82 Å². The van der Waals surface area contributed by atoms with E-state index in [1.54, 1.807) is 0 Å². The molecule has 5 nitrogen and oxygen atoms in total. The Bertz CT molecular complexity index is 902. The smallest absolute Gasteiger partial charge is 0.225 e. The number of anilines is 3. The van der Waals surface area contributed by atoms with Crippen molar-refractivity contribution >= 4 is 17.5 Å². The average molecular weight is 362 g/mol. The molecule has 0 bridgehead atoms. The summed E-state index contributed by atoms with van der Waals surface area (Å²) in [6, 6.07) is 16.1. The van der Waals surface area contributed by atoms with Crippen LogP contribution in [0.5, 0.6) is 0 Å². The third-order valence-corrected chi connectivity index (χ3v) is 4.38. The molecule has 0 spiro atoms. The average Bonchev–Trinajstić information content (AvgIpc) is 2.65. The lowest BCUT2D eigenvalue weighted by Gasteiger charge is -2.16. The van der Waals surface area contributed by atoms with Crippen molar-refractivity contribution in [3.63, 3.8) is 0 Å². The van der Waals surface area contributed by atoms with Crippen molar-refractivity contribution in [2.75, 3.05) is 17.2 Å². The molecule has 0 aliphatic carbocycles. The minimum atomic E-state index is -0.133. The third kappa shape index (κ3) is 4.63. The summed E-state index contributed by atoms with van der Waals surface area (Å²) in [6.07, 6.45) is 0. The van der Waals surface area contributed by atoms with Crippen molar-refractivity contribution in [2.24, 2.45) is 0 Å². The fourth-order valence-corrected chi connectivity index (χ4v) is 3.10. The van der Waals surface area contributed by atoms with Gasteiger partial charge >= 0.3 is 0 Å². The van der Waals surface area contributed by atoms with E-state index < -0.39 is 0 Å². The number of rotatable bonds is 6. The lowest BCUT2D eigenvalue weighted by molar-refractivity contribution is 0.281. The van der Waals surface area contributed by atoms with Crippen molar-refractivity contribution in [2.45, 2.75) is 33.7 Å². The zero-order chi connectivity index (χ0) is 19.4. The zero-order valence-corrected chi connectivity index (χ0v) is 16.2. The van der Waals surface area contributed by atoms with Crippen LogP contribution in [0.4, 0.5) is 17.5 Å². The minimum absolute atomic E-state index is 0.0118. The van der Waals surface area contributed by atoms with Gasteiger partial charge < -0.3 is 15.7 Å². The molecule has 3 aromatic rings. The Morgan fingerprint density at radius 1 is 0.963 bits per heavy atom. The van der Waals surface area contributed by atoms with Crippen molar-refractivity contribution in [3.05, 3.63) is 65.2 Å². The van der Waals surface area contributed by atoms with E-state index in [4.69, 9.17) is 0 Å². The molecule has 1 atom stereocenters. The van der Waals surface area contributed by atoms with Gasteiger partial charge in [-0.1, -0.05) is 48.0 Å². The molecule has 0 fully saturated rings. The Hall–Kier alpha value is -2.92. The molecule has 0 aliphatic rings. The van der Waals surface area contributed by atoms with Crippen LogP contribution in [0, 0.1) is 20.8 Å². The van der Waals surface area contributed by atoms with Crippen molar-refractivity contribution in [3.8, 4) is 11.3 Å². The van der Waals surface area contributed by atoms with E-state index in [1.807, 2.05) is 43.3 Å². The molecule has 140 valence electrons. The van der Waals surface area contributed by atoms with Gasteiger partial charge in [0, 0.05) is 23.4 Å². The minimum Gasteiger partial charge on any atom is -0.394 e. The molecular formula is C22H26N4O. The highest BCUT2D eigenvalue weighted by molar-refractivity contribution is 5.70. The number of hydrogen-bond donors (Lipinski definition) is 3. The molecule has 1 aromatic heterocycles. The number of nitrogens with zero attached hydrogens (tertiary/aromatic N) is 2. The molecule has 5 heteroatoms. The molecule has 3 rings (SSSR count). The lowest BCUT2D eigenvalue weighted by atomic mass is 10.1. The summed E-state index contributed by atoms with van der Waals surface area (Å²) in [5, 5.41) is 16.0. The van der Waals surface area contributed by atoms with E-state index in [0.29, 0.717) is 11.8 Å². The van der Waals surface area contributed by atoms with Crippen LogP contribution in [0.2, 0.25) is 0 Å². The second kappa shape index (κ2) is 8.18. The van der Waals surface area contributed by atoms with Gasteiger partial charge in [-0.15, -0.1) is 0 Å². The van der Waals surface area contributed by atoms with Crippen LogP contribution in [-0.2, 0) is 0 Å². The number of aliphatic hydroxyl groups is 1. The van der Waals surface area contributed by atoms with E-state index in [-0.39, 0.29) is 12.6 Å². The highest BCUT2D eigenvalue weighted by Crippen LogP contribution is 2.28. The first-order chi connectivity index (χ1) is 13.0. The van der Waals surface area contributed by atoms with Gasteiger partial charge in [-0.05, 0) is 38.8 Å². The van der Waals surface area contributed by atoms with Crippen LogP contribution in [-0.4, -0.2) is 27.7 Å². The SMILES string of the molecule is Cc1cc(C)c(Nc2cc(-c3ccccc3)nc(N[C@@H](C)CO)n2)c(C)c1. The largest absolute Gasteiger partial charge is 0.394 e. The summed E-state index contributed by atoms with van der Waals surface area (Å²) in [7, 11) is 0. The van der Waals surface area contributed by atoms with Gasteiger partial charge in [0.2, 0.25) is 5.95 Å². The van der Waals surface area contributed by atoms with Crippen LogP contribution in [0.3, 0.4) is 0 Å². The van der Waals surface area contributed by atoms with Gasteiger partial charge in [-0.2, -0.15) is 4.98 Å². The van der Waals surface area contributed by atoms with Gasteiger partial charge in [-0.25, -0.2) is 4.98 Å². The molecule has 0 radical (unpaired) electrons. The van der Waals surface area contributed by atoms with E-state index in [1.165, 1.54) is 16.7 Å². The normalized spacial score (nSPS) is 11.9. The van der Waals surface area contributed by atoms with Crippen LogP contribution >= 0.6 is 0 Å². The first kappa shape index (κ1) is 18.9. The molecule has 27 heavy (non-hydrogen) atoms. The van der Waals surface area contributed by atoms with Crippen molar-refractivity contribution < 1.29 is 5.11 Å². The van der Waals surface area contributed by atoms with Crippen LogP contribution in [0.25, 0.3) is 11.3 Å². The van der Waals surface area contributed by atoms with Crippen molar-refractivity contribution in [1.82, 2.24) is 9.97 Å². The fraction of sp³-hybridized carbons (Fsp3) is 0.273. The monoisotopic (exact) mass is 362 g/mol. The van der Waals surface area contributed by atoms with E-state index in [9.17, 15) is 5.11 Å². The summed E-state index contributed by atoms with van der Waals surface area (Å²) in [5.41, 5.74) is 6.47. The lowest BCUT2D eigenvalue weighted by Crippen LogP contribution is -2.21. The summed E-state index contributed by atoms with van der Waals surface area (Å²) >= 11 is 0. The molecular weight excluding hydrogens is 336 g/mol. The van der Waals surface area contributed by atoms with Crippen LogP contribution in [0.15, 0.2) is 48.5 Å². The molecule has 0 aliphatic heterocycles. The van der Waals surface area contributed by atoms with E-state index in [2.05, 4.69) is 53.5 Å². The Morgan fingerprint density at radius 2 is 1.63 bits per heavy atom. The second-order valence-electron chi connectivity index (χ2n) is 6.95. The summed E-state index contributed by atoms with van der Waals surface area (Å²) in [5.74, 6) is 1.20. The Kier molecular flexibility index (Phi) is 5.72. The molecule has 1 heterocycles. The highest BCUT2D eigenvalue weighted by atomic mass is 16.3. The van der Waals surface area contributed by atoms with E-state index >= 15 is 0 Å².